The van der Waals surface area contributed by atoms with Gasteiger partial charge in [0.05, 0.1) is 24.4 Å². The topological polar surface area (TPSA) is 78.6 Å². The minimum Gasteiger partial charge on any atom is -0.488 e. The van der Waals surface area contributed by atoms with Crippen molar-refractivity contribution in [1.29, 1.82) is 5.26 Å². The first-order valence-electron chi connectivity index (χ1n) is 10.6. The predicted octanol–water partition coefficient (Wildman–Crippen LogP) is 2.94. The highest BCUT2D eigenvalue weighted by atomic mass is 32.1. The first kappa shape index (κ1) is 20.3. The molecule has 1 fully saturated rings. The number of thiophene rings is 1. The van der Waals surface area contributed by atoms with Crippen molar-refractivity contribution in [2.24, 2.45) is 0 Å². The number of hydrogen-bond acceptors (Lipinski definition) is 6. The maximum absolute atomic E-state index is 13.4. The van der Waals surface area contributed by atoms with Crippen molar-refractivity contribution in [3.05, 3.63) is 74.4 Å². The highest BCUT2D eigenvalue weighted by molar-refractivity contribution is 7.07. The summed E-state index contributed by atoms with van der Waals surface area (Å²) in [6.45, 7) is 3.10. The molecule has 2 aliphatic rings. The standard InChI is InChI=1S/C24H22N4O3S/c25-14-19-22(26-8-10-27(11-9-26)24(30)21-6-3-12-31-21)18-4-1-2-5-20(18)28(23(19)29)15-17-7-13-32-16-17/h1-2,4-7,13,16H,3,8-12,15H2. The molecule has 0 unspecified atom stereocenters. The van der Waals surface area contributed by atoms with Crippen LogP contribution in [0.1, 0.15) is 17.5 Å². The number of rotatable bonds is 4. The second-order valence-electron chi connectivity index (χ2n) is 7.86. The Labute approximate surface area is 189 Å². The number of amides is 1. The maximum Gasteiger partial charge on any atom is 0.288 e. The van der Waals surface area contributed by atoms with E-state index in [4.69, 9.17) is 4.74 Å². The number of piperazine rings is 1. The van der Waals surface area contributed by atoms with Gasteiger partial charge in [0, 0.05) is 38.0 Å². The fourth-order valence-corrected chi connectivity index (χ4v) is 5.06. The van der Waals surface area contributed by atoms with Crippen molar-refractivity contribution in [3.8, 4) is 6.07 Å². The fraction of sp³-hybridized carbons (Fsp3) is 0.292. The van der Waals surface area contributed by atoms with Gasteiger partial charge in [-0.3, -0.25) is 9.59 Å². The van der Waals surface area contributed by atoms with E-state index in [2.05, 4.69) is 11.0 Å². The zero-order chi connectivity index (χ0) is 22.1. The second kappa shape index (κ2) is 8.52. The third-order valence-corrected chi connectivity index (χ3v) is 6.71. The molecule has 0 saturated carbocycles. The van der Waals surface area contributed by atoms with E-state index in [1.54, 1.807) is 20.8 Å². The van der Waals surface area contributed by atoms with Gasteiger partial charge >= 0.3 is 0 Å². The average Bonchev–Trinajstić information content (AvgIpc) is 3.55. The number of benzene rings is 1. The SMILES string of the molecule is N#Cc1c(N2CCN(C(=O)C3=CCCO3)CC2)c2ccccc2n(Cc2ccsc2)c1=O. The van der Waals surface area contributed by atoms with Gasteiger partial charge in [0.2, 0.25) is 0 Å². The zero-order valence-corrected chi connectivity index (χ0v) is 18.3. The van der Waals surface area contributed by atoms with E-state index >= 15 is 0 Å². The summed E-state index contributed by atoms with van der Waals surface area (Å²) >= 11 is 1.58. The molecule has 0 spiro atoms. The average molecular weight is 447 g/mol. The van der Waals surface area contributed by atoms with Crippen LogP contribution in [-0.4, -0.2) is 48.2 Å². The molecule has 162 valence electrons. The molecule has 32 heavy (non-hydrogen) atoms. The van der Waals surface area contributed by atoms with Crippen LogP contribution >= 0.6 is 11.3 Å². The second-order valence-corrected chi connectivity index (χ2v) is 8.64. The highest BCUT2D eigenvalue weighted by Gasteiger charge is 2.29. The molecule has 2 aliphatic heterocycles. The highest BCUT2D eigenvalue weighted by Crippen LogP contribution is 2.30. The van der Waals surface area contributed by atoms with Crippen LogP contribution in [0.5, 0.6) is 0 Å². The number of para-hydroxylation sites is 1. The molecular formula is C24H22N4O3S. The number of carbonyl (C=O) groups excluding carboxylic acids is 1. The lowest BCUT2D eigenvalue weighted by Gasteiger charge is -2.37. The van der Waals surface area contributed by atoms with E-state index < -0.39 is 0 Å². The smallest absolute Gasteiger partial charge is 0.288 e. The van der Waals surface area contributed by atoms with Crippen molar-refractivity contribution in [3.63, 3.8) is 0 Å². The lowest BCUT2D eigenvalue weighted by molar-refractivity contribution is -0.130. The predicted molar refractivity (Wildman–Crippen MR) is 124 cm³/mol. The molecule has 0 bridgehead atoms. The van der Waals surface area contributed by atoms with E-state index in [-0.39, 0.29) is 17.0 Å². The molecule has 1 aromatic carbocycles. The number of aromatic nitrogens is 1. The van der Waals surface area contributed by atoms with Gasteiger partial charge in [-0.2, -0.15) is 16.6 Å². The molecule has 0 radical (unpaired) electrons. The van der Waals surface area contributed by atoms with Gasteiger partial charge < -0.3 is 19.1 Å². The number of fused-ring (bicyclic) bond motifs is 1. The van der Waals surface area contributed by atoms with Crippen molar-refractivity contribution < 1.29 is 9.53 Å². The normalized spacial score (nSPS) is 16.0. The summed E-state index contributed by atoms with van der Waals surface area (Å²) in [5.41, 5.74) is 2.38. The Morgan fingerprint density at radius 2 is 1.97 bits per heavy atom. The number of anilines is 1. The lowest BCUT2D eigenvalue weighted by Crippen LogP contribution is -2.50. The largest absolute Gasteiger partial charge is 0.488 e. The Kier molecular flexibility index (Phi) is 5.41. The molecule has 2 aromatic heterocycles. The summed E-state index contributed by atoms with van der Waals surface area (Å²) in [7, 11) is 0. The van der Waals surface area contributed by atoms with Crippen LogP contribution in [0, 0.1) is 11.3 Å². The van der Waals surface area contributed by atoms with E-state index in [9.17, 15) is 14.9 Å². The van der Waals surface area contributed by atoms with Crippen molar-refractivity contribution in [1.82, 2.24) is 9.47 Å². The summed E-state index contributed by atoms with van der Waals surface area (Å²) in [5, 5.41) is 14.8. The first-order valence-corrected chi connectivity index (χ1v) is 11.6. The number of nitrogens with zero attached hydrogens (tertiary/aromatic N) is 4. The number of hydrogen-bond donors (Lipinski definition) is 0. The van der Waals surface area contributed by atoms with Crippen molar-refractivity contribution in [2.45, 2.75) is 13.0 Å². The van der Waals surface area contributed by atoms with E-state index in [0.29, 0.717) is 50.8 Å². The minimum atomic E-state index is -0.282. The molecular weight excluding hydrogens is 424 g/mol. The molecule has 3 aromatic rings. The van der Waals surface area contributed by atoms with E-state index in [1.807, 2.05) is 47.2 Å². The van der Waals surface area contributed by atoms with Gasteiger partial charge in [0.25, 0.3) is 11.5 Å². The number of carbonyl (C=O) groups is 1. The van der Waals surface area contributed by atoms with Crippen LogP contribution in [0.4, 0.5) is 5.69 Å². The Morgan fingerprint density at radius 1 is 1.16 bits per heavy atom. The third-order valence-electron chi connectivity index (χ3n) is 5.98. The Hall–Kier alpha value is -3.57. The molecule has 0 atom stereocenters. The zero-order valence-electron chi connectivity index (χ0n) is 17.5. The minimum absolute atomic E-state index is 0.0845. The Balaban J connectivity index is 1.50. The number of pyridine rings is 1. The van der Waals surface area contributed by atoms with E-state index in [0.717, 1.165) is 22.9 Å². The molecule has 5 rings (SSSR count). The van der Waals surface area contributed by atoms with Crippen molar-refractivity contribution in [2.75, 3.05) is 37.7 Å². The monoisotopic (exact) mass is 446 g/mol. The summed E-state index contributed by atoms with van der Waals surface area (Å²) in [6, 6.07) is 11.9. The van der Waals surface area contributed by atoms with Crippen LogP contribution in [0.2, 0.25) is 0 Å². The quantitative estimate of drug-likeness (QED) is 0.616. The summed E-state index contributed by atoms with van der Waals surface area (Å²) in [6.07, 6.45) is 2.60. The van der Waals surface area contributed by atoms with Crippen LogP contribution in [0.25, 0.3) is 10.9 Å². The Bertz CT molecular complexity index is 1300. The van der Waals surface area contributed by atoms with Gasteiger partial charge in [-0.05, 0) is 34.5 Å². The van der Waals surface area contributed by atoms with Crippen LogP contribution in [-0.2, 0) is 16.1 Å². The lowest BCUT2D eigenvalue weighted by atomic mass is 10.1. The molecule has 0 aliphatic carbocycles. The van der Waals surface area contributed by atoms with Crippen LogP contribution in [0.3, 0.4) is 0 Å². The number of nitriles is 1. The van der Waals surface area contributed by atoms with Gasteiger partial charge in [-0.25, -0.2) is 0 Å². The van der Waals surface area contributed by atoms with Gasteiger partial charge in [-0.1, -0.05) is 18.2 Å². The Morgan fingerprint density at radius 3 is 2.66 bits per heavy atom. The van der Waals surface area contributed by atoms with Gasteiger partial charge in [0.15, 0.2) is 5.76 Å². The third kappa shape index (κ3) is 3.55. The molecule has 1 saturated heterocycles. The van der Waals surface area contributed by atoms with E-state index in [1.165, 1.54) is 0 Å². The van der Waals surface area contributed by atoms with Crippen LogP contribution < -0.4 is 10.5 Å². The summed E-state index contributed by atoms with van der Waals surface area (Å²) in [5.74, 6) is 0.344. The first-order chi connectivity index (χ1) is 15.7. The molecule has 4 heterocycles. The van der Waals surface area contributed by atoms with Crippen molar-refractivity contribution >= 4 is 33.8 Å². The van der Waals surface area contributed by atoms with Gasteiger partial charge in [-0.15, -0.1) is 0 Å². The van der Waals surface area contributed by atoms with Gasteiger partial charge in [0.1, 0.15) is 11.6 Å². The number of ether oxygens (including phenoxy) is 1. The molecule has 7 nitrogen and oxygen atoms in total. The maximum atomic E-state index is 13.4. The van der Waals surface area contributed by atoms with Crippen LogP contribution in [0.15, 0.2) is 57.7 Å². The molecule has 8 heteroatoms. The molecule has 1 amide bonds. The summed E-state index contributed by atoms with van der Waals surface area (Å²) in [4.78, 5) is 29.9. The fourth-order valence-electron chi connectivity index (χ4n) is 4.40. The molecule has 0 N–H and O–H groups in total. The summed E-state index contributed by atoms with van der Waals surface area (Å²) < 4.78 is 7.10.